The molecule has 1 saturated heterocycles. The molecule has 0 aliphatic carbocycles. The number of hydrogen-bond acceptors (Lipinski definition) is 12. The molecule has 0 amide bonds. The standard InChI is InChI=1S/C43H54N2O10/c1-8-18-34(46)42(3,4)36-23-14-12-10-11-13-20-29(50-7)26-39-45-31(28-52-39)41(49)55-37(43(5,6)35(47)19-9-2)24-17-22-33-32(53-33)21-15-16-25-38-44-30(27-51-38)40(48)54-36/h8-22,25,27-29,32-37,46-47H,23-24,26H2,1-7H3/b11-10?,14-12?,18-8+,19-9+,20-13?,21-15?,22-17?,25-16?. The third kappa shape index (κ3) is 12.3. The Morgan fingerprint density at radius 2 is 1.31 bits per heavy atom. The number of carbonyl (C=O) groups excluding carboxylic acids is 2. The van der Waals surface area contributed by atoms with E-state index >= 15 is 0 Å². The molecule has 4 bridgehead atoms. The number of aliphatic hydroxyl groups is 2. The topological polar surface area (TPSA) is 167 Å². The Labute approximate surface area is 323 Å². The molecule has 4 rings (SSSR count). The average molecular weight is 759 g/mol. The highest BCUT2D eigenvalue weighted by molar-refractivity contribution is 5.87. The number of aliphatic hydroxyl groups excluding tert-OH is 2. The molecule has 0 aromatic carbocycles. The van der Waals surface area contributed by atoms with Crippen molar-refractivity contribution in [2.24, 2.45) is 10.8 Å². The van der Waals surface area contributed by atoms with Crippen LogP contribution >= 0.6 is 0 Å². The fraction of sp³-hybridized carbons (Fsp3) is 0.442. The summed E-state index contributed by atoms with van der Waals surface area (Å²) in [5.74, 6) is -0.828. The molecule has 55 heavy (non-hydrogen) atoms. The van der Waals surface area contributed by atoms with Crippen molar-refractivity contribution >= 4 is 18.0 Å². The molecule has 7 unspecified atom stereocenters. The van der Waals surface area contributed by atoms with Crippen LogP contribution in [0.2, 0.25) is 0 Å². The molecule has 0 radical (unpaired) electrons. The van der Waals surface area contributed by atoms with Crippen molar-refractivity contribution in [2.45, 2.75) is 104 Å². The number of rotatable bonds is 7. The quantitative estimate of drug-likeness (QED) is 0.165. The van der Waals surface area contributed by atoms with Crippen molar-refractivity contribution in [1.82, 2.24) is 9.97 Å². The van der Waals surface area contributed by atoms with Gasteiger partial charge in [0.05, 0.1) is 24.7 Å². The minimum absolute atomic E-state index is 0.00780. The lowest BCUT2D eigenvalue weighted by molar-refractivity contribution is -0.0461. The first kappa shape index (κ1) is 42.9. The van der Waals surface area contributed by atoms with Crippen LogP contribution in [0.5, 0.6) is 0 Å². The molecule has 2 aromatic heterocycles. The molecule has 4 heterocycles. The van der Waals surface area contributed by atoms with E-state index in [-0.39, 0.29) is 35.9 Å². The second-order valence-corrected chi connectivity index (χ2v) is 14.5. The molecule has 12 nitrogen and oxygen atoms in total. The summed E-state index contributed by atoms with van der Waals surface area (Å²) in [5.41, 5.74) is -1.66. The molecule has 7 atom stereocenters. The Balaban J connectivity index is 1.58. The zero-order valence-electron chi connectivity index (χ0n) is 32.6. The minimum Gasteiger partial charge on any atom is -0.457 e. The second kappa shape index (κ2) is 20.2. The monoisotopic (exact) mass is 758 g/mol. The number of esters is 2. The van der Waals surface area contributed by atoms with E-state index in [1.165, 1.54) is 12.5 Å². The molecular formula is C43H54N2O10. The summed E-state index contributed by atoms with van der Waals surface area (Å²) in [6.45, 7) is 11.0. The number of oxazole rings is 2. The highest BCUT2D eigenvalue weighted by Crippen LogP contribution is 2.34. The number of hydrogen-bond donors (Lipinski definition) is 2. The van der Waals surface area contributed by atoms with E-state index < -0.39 is 53.3 Å². The number of cyclic esters (lactones) is 2. The second-order valence-electron chi connectivity index (χ2n) is 14.5. The highest BCUT2D eigenvalue weighted by atomic mass is 16.6. The first-order valence-corrected chi connectivity index (χ1v) is 18.4. The van der Waals surface area contributed by atoms with Gasteiger partial charge in [-0.3, -0.25) is 0 Å². The number of carbonyl (C=O) groups is 2. The van der Waals surface area contributed by atoms with Crippen LogP contribution in [0.3, 0.4) is 0 Å². The maximum Gasteiger partial charge on any atom is 0.360 e. The molecule has 1 fully saturated rings. The summed E-state index contributed by atoms with van der Waals surface area (Å²) >= 11 is 0. The Morgan fingerprint density at radius 3 is 1.95 bits per heavy atom. The Bertz CT molecular complexity index is 1800. The Hall–Kier alpha value is -4.88. The van der Waals surface area contributed by atoms with Gasteiger partial charge in [-0.05, 0) is 13.8 Å². The summed E-state index contributed by atoms with van der Waals surface area (Å²) in [6, 6.07) is 0. The fourth-order valence-electron chi connectivity index (χ4n) is 5.68. The van der Waals surface area contributed by atoms with E-state index in [0.29, 0.717) is 18.7 Å². The highest BCUT2D eigenvalue weighted by Gasteiger charge is 2.40. The van der Waals surface area contributed by atoms with E-state index in [9.17, 15) is 19.8 Å². The van der Waals surface area contributed by atoms with Crippen LogP contribution in [0.15, 0.2) is 113 Å². The van der Waals surface area contributed by atoms with Gasteiger partial charge >= 0.3 is 11.9 Å². The van der Waals surface area contributed by atoms with Crippen LogP contribution < -0.4 is 0 Å². The molecular weight excluding hydrogens is 704 g/mol. The molecule has 2 aliphatic heterocycles. The van der Waals surface area contributed by atoms with Gasteiger partial charge in [-0.2, -0.15) is 0 Å². The number of methoxy groups -OCH3 is 1. The van der Waals surface area contributed by atoms with Crippen LogP contribution in [0, 0.1) is 10.8 Å². The number of epoxide rings is 1. The van der Waals surface area contributed by atoms with Gasteiger partial charge in [-0.25, -0.2) is 19.6 Å². The molecule has 2 aromatic rings. The van der Waals surface area contributed by atoms with E-state index in [4.69, 9.17) is 27.8 Å². The van der Waals surface area contributed by atoms with Crippen molar-refractivity contribution < 1.29 is 47.6 Å². The normalized spacial score (nSPS) is 24.8. The van der Waals surface area contributed by atoms with Crippen molar-refractivity contribution in [3.05, 3.63) is 127 Å². The third-order valence-electron chi connectivity index (χ3n) is 9.64. The molecule has 0 spiro atoms. The zero-order valence-corrected chi connectivity index (χ0v) is 32.6. The average Bonchev–Trinajstić information content (AvgIpc) is 3.47. The third-order valence-corrected chi connectivity index (χ3v) is 9.64. The molecule has 0 saturated carbocycles. The first-order chi connectivity index (χ1) is 26.3. The van der Waals surface area contributed by atoms with Gasteiger partial charge in [0.15, 0.2) is 17.3 Å². The SMILES string of the molecule is C/C=C/C(O)C(C)(C)C1CC=CC=CC=CC(OC)Cc2nc(co2)C(=O)OC(C(C)(C)C(O)/C=C/C)CC=CC2OC2C=CC=Cc2nc(co2)C(=O)O1. The number of aromatic nitrogens is 2. The summed E-state index contributed by atoms with van der Waals surface area (Å²) in [7, 11) is 1.56. The number of fused-ring (bicyclic) bond motifs is 5. The fourth-order valence-corrected chi connectivity index (χ4v) is 5.68. The smallest absolute Gasteiger partial charge is 0.360 e. The van der Waals surface area contributed by atoms with E-state index in [1.807, 2.05) is 96.2 Å². The maximum absolute atomic E-state index is 13.3. The van der Waals surface area contributed by atoms with Gasteiger partial charge < -0.3 is 38.0 Å². The summed E-state index contributed by atoms with van der Waals surface area (Å²) < 4.78 is 34.3. The van der Waals surface area contributed by atoms with Crippen molar-refractivity contribution in [3.63, 3.8) is 0 Å². The predicted octanol–water partition coefficient (Wildman–Crippen LogP) is 7.25. The number of nitrogens with zero attached hydrogens (tertiary/aromatic N) is 2. The lowest BCUT2D eigenvalue weighted by atomic mass is 9.79. The van der Waals surface area contributed by atoms with E-state index in [1.54, 1.807) is 49.6 Å². The lowest BCUT2D eigenvalue weighted by Crippen LogP contribution is -2.42. The summed E-state index contributed by atoms with van der Waals surface area (Å²) in [4.78, 5) is 35.2. The van der Waals surface area contributed by atoms with Gasteiger partial charge in [0.2, 0.25) is 5.89 Å². The van der Waals surface area contributed by atoms with Gasteiger partial charge in [0.25, 0.3) is 0 Å². The van der Waals surface area contributed by atoms with Crippen LogP contribution in [-0.2, 0) is 25.4 Å². The Morgan fingerprint density at radius 1 is 0.745 bits per heavy atom. The molecule has 12 heteroatoms. The van der Waals surface area contributed by atoms with Crippen molar-refractivity contribution in [2.75, 3.05) is 7.11 Å². The predicted molar refractivity (Wildman–Crippen MR) is 208 cm³/mol. The number of allylic oxidation sites excluding steroid dienone is 8. The van der Waals surface area contributed by atoms with E-state index in [0.717, 1.165) is 0 Å². The van der Waals surface area contributed by atoms with Crippen LogP contribution in [-0.4, -0.2) is 82.0 Å². The van der Waals surface area contributed by atoms with Gasteiger partial charge in [-0.15, -0.1) is 0 Å². The number of ether oxygens (including phenoxy) is 4. The minimum atomic E-state index is -0.880. The molecule has 296 valence electrons. The van der Waals surface area contributed by atoms with Gasteiger partial charge in [0, 0.05) is 36.9 Å². The summed E-state index contributed by atoms with van der Waals surface area (Å²) in [5, 5.41) is 21.8. The Kier molecular flexibility index (Phi) is 15.7. The van der Waals surface area contributed by atoms with Gasteiger partial charge in [-0.1, -0.05) is 119 Å². The molecule has 2 N–H and O–H groups in total. The summed E-state index contributed by atoms with van der Waals surface area (Å²) in [6.07, 6.45) is 28.0. The van der Waals surface area contributed by atoms with Crippen LogP contribution in [0.4, 0.5) is 0 Å². The zero-order chi connectivity index (χ0) is 40.0. The first-order valence-electron chi connectivity index (χ1n) is 18.4. The molecule has 2 aliphatic rings. The van der Waals surface area contributed by atoms with Gasteiger partial charge in [0.1, 0.15) is 36.9 Å². The van der Waals surface area contributed by atoms with Crippen molar-refractivity contribution in [3.8, 4) is 0 Å². The van der Waals surface area contributed by atoms with Crippen LogP contribution in [0.1, 0.15) is 87.1 Å². The van der Waals surface area contributed by atoms with Crippen molar-refractivity contribution in [1.29, 1.82) is 0 Å². The lowest BCUT2D eigenvalue weighted by Gasteiger charge is -2.36. The van der Waals surface area contributed by atoms with Crippen LogP contribution in [0.25, 0.3) is 6.08 Å². The maximum atomic E-state index is 13.3. The largest absolute Gasteiger partial charge is 0.457 e. The van der Waals surface area contributed by atoms with E-state index in [2.05, 4.69) is 9.97 Å².